The number of carbonyl (C=O) groups is 2. The van der Waals surface area contributed by atoms with Crippen LogP contribution in [0.4, 0.5) is 5.69 Å². The highest BCUT2D eigenvalue weighted by Crippen LogP contribution is 2.42. The predicted molar refractivity (Wildman–Crippen MR) is 157 cm³/mol. The molecule has 0 spiro atoms. The number of nitrogens with zero attached hydrogens (tertiary/aromatic N) is 2. The van der Waals surface area contributed by atoms with E-state index in [4.69, 9.17) is 23.2 Å². The molecule has 1 aliphatic heterocycles. The van der Waals surface area contributed by atoms with E-state index in [0.29, 0.717) is 33.1 Å². The van der Waals surface area contributed by atoms with Gasteiger partial charge in [0, 0.05) is 41.0 Å². The third-order valence-electron chi connectivity index (χ3n) is 7.18. The van der Waals surface area contributed by atoms with Gasteiger partial charge in [-0.2, -0.15) is 0 Å². The van der Waals surface area contributed by atoms with E-state index in [1.165, 1.54) is 4.31 Å². The highest BCUT2D eigenvalue weighted by atomic mass is 35.5. The summed E-state index contributed by atoms with van der Waals surface area (Å²) in [7, 11) is -3.71. The number of amides is 2. The molecule has 0 radical (unpaired) electrons. The molecule has 0 saturated carbocycles. The topological polar surface area (TPSA) is 86.8 Å². The summed E-state index contributed by atoms with van der Waals surface area (Å²) in [6, 6.07) is 15.1. The first kappa shape index (κ1) is 29.2. The molecule has 2 atom stereocenters. The maximum Gasteiger partial charge on any atom is 0.265 e. The van der Waals surface area contributed by atoms with Crippen LogP contribution < -0.4 is 9.62 Å². The smallest absolute Gasteiger partial charge is 0.265 e. The van der Waals surface area contributed by atoms with Gasteiger partial charge < -0.3 is 10.2 Å². The number of sulfonamides is 1. The van der Waals surface area contributed by atoms with Gasteiger partial charge in [-0.3, -0.25) is 13.9 Å². The van der Waals surface area contributed by atoms with Gasteiger partial charge in [0.15, 0.2) is 0 Å². The second-order valence-corrected chi connectivity index (χ2v) is 12.5. The van der Waals surface area contributed by atoms with Crippen molar-refractivity contribution in [2.75, 3.05) is 10.8 Å². The van der Waals surface area contributed by atoms with Crippen molar-refractivity contribution in [1.29, 1.82) is 0 Å². The fourth-order valence-electron chi connectivity index (χ4n) is 4.91. The lowest BCUT2D eigenvalue weighted by molar-refractivity contribution is -0.141. The average molecular weight is 591 g/mol. The highest BCUT2D eigenvalue weighted by molar-refractivity contribution is 7.93. The zero-order chi connectivity index (χ0) is 28.3. The Balaban J connectivity index is 1.54. The Kier molecular flexibility index (Phi) is 9.09. The fourth-order valence-corrected chi connectivity index (χ4v) is 7.13. The molecule has 39 heavy (non-hydrogen) atoms. The van der Waals surface area contributed by atoms with Gasteiger partial charge in [-0.25, -0.2) is 8.42 Å². The van der Waals surface area contributed by atoms with Crippen LogP contribution in [0.5, 0.6) is 0 Å². The van der Waals surface area contributed by atoms with E-state index in [0.717, 1.165) is 11.8 Å². The van der Waals surface area contributed by atoms with Gasteiger partial charge in [-0.1, -0.05) is 67.4 Å². The quantitative estimate of drug-likeness (QED) is 0.290. The van der Waals surface area contributed by atoms with Crippen LogP contribution in [0.15, 0.2) is 59.5 Å². The molecule has 0 bridgehead atoms. The Labute approximate surface area is 240 Å². The Morgan fingerprint density at radius 2 is 1.74 bits per heavy atom. The molecule has 1 aliphatic rings. The summed E-state index contributed by atoms with van der Waals surface area (Å²) < 4.78 is 28.0. The van der Waals surface area contributed by atoms with Crippen molar-refractivity contribution in [3.63, 3.8) is 0 Å². The molecular weight excluding hydrogens is 557 g/mol. The van der Waals surface area contributed by atoms with E-state index >= 15 is 0 Å². The van der Waals surface area contributed by atoms with Crippen molar-refractivity contribution in [2.24, 2.45) is 0 Å². The summed E-state index contributed by atoms with van der Waals surface area (Å²) in [5.74, 6) is -0.478. The lowest BCUT2D eigenvalue weighted by atomic mass is 10.1. The minimum absolute atomic E-state index is 0.0349. The van der Waals surface area contributed by atoms with E-state index in [1.807, 2.05) is 39.0 Å². The normalized spacial score (nSPS) is 15.3. The van der Waals surface area contributed by atoms with Gasteiger partial charge in [0.05, 0.1) is 10.6 Å². The van der Waals surface area contributed by atoms with Gasteiger partial charge in [0.1, 0.15) is 6.04 Å². The number of hydrogen-bond acceptors (Lipinski definition) is 4. The van der Waals surface area contributed by atoms with Gasteiger partial charge >= 0.3 is 0 Å². The van der Waals surface area contributed by atoms with Crippen molar-refractivity contribution in [3.05, 3.63) is 70.2 Å². The largest absolute Gasteiger partial charge is 0.352 e. The maximum absolute atomic E-state index is 13.6. The van der Waals surface area contributed by atoms with Gasteiger partial charge in [-0.15, -0.1) is 0 Å². The van der Waals surface area contributed by atoms with E-state index in [-0.39, 0.29) is 48.7 Å². The molecule has 0 saturated heterocycles. The van der Waals surface area contributed by atoms with Crippen LogP contribution in [0.2, 0.25) is 10.0 Å². The van der Waals surface area contributed by atoms with Gasteiger partial charge in [0.25, 0.3) is 10.0 Å². The summed E-state index contributed by atoms with van der Waals surface area (Å²) in [4.78, 5) is 28.6. The van der Waals surface area contributed by atoms with Crippen LogP contribution in [0.1, 0.15) is 52.0 Å². The van der Waals surface area contributed by atoms with Crippen molar-refractivity contribution in [3.8, 4) is 0 Å². The number of benzene rings is 3. The number of nitrogens with one attached hydrogen (secondary N) is 1. The number of hydrogen-bond donors (Lipinski definition) is 1. The Morgan fingerprint density at radius 1 is 1.03 bits per heavy atom. The lowest BCUT2D eigenvalue weighted by Crippen LogP contribution is -2.50. The van der Waals surface area contributed by atoms with Crippen molar-refractivity contribution in [1.82, 2.24) is 10.2 Å². The van der Waals surface area contributed by atoms with E-state index < -0.39 is 16.1 Å². The van der Waals surface area contributed by atoms with E-state index in [2.05, 4.69) is 5.32 Å². The van der Waals surface area contributed by atoms with E-state index in [1.54, 1.807) is 41.3 Å². The third-order valence-corrected chi connectivity index (χ3v) is 9.62. The molecule has 10 heteroatoms. The Morgan fingerprint density at radius 3 is 2.41 bits per heavy atom. The van der Waals surface area contributed by atoms with Gasteiger partial charge in [-0.05, 0) is 61.4 Å². The number of carbonyl (C=O) groups excluding carboxylic acids is 2. The number of halogens is 2. The maximum atomic E-state index is 13.6. The number of rotatable bonds is 11. The van der Waals surface area contributed by atoms with Gasteiger partial charge in [0.2, 0.25) is 11.8 Å². The molecule has 4 rings (SSSR count). The molecule has 0 unspecified atom stereocenters. The standard InChI is InChI=1S/C29H33Cl2N3O4S/c1-4-19(3)32-29(36)24(5-2)33(18-21-14-15-22(30)17-23(21)31)27(35)13-8-16-34-25-11-6-9-20-10-7-12-26(28(20)25)39(34,37)38/h6-7,9-12,14-15,17,19,24H,4-5,8,13,16,18H2,1-3H3,(H,32,36)/t19-,24+/m0/s1. The first-order valence-corrected chi connectivity index (χ1v) is 15.4. The van der Waals surface area contributed by atoms with Crippen molar-refractivity contribution >= 4 is 61.5 Å². The fraction of sp³-hybridized carbons (Fsp3) is 0.379. The van der Waals surface area contributed by atoms with Crippen molar-refractivity contribution < 1.29 is 18.0 Å². The van der Waals surface area contributed by atoms with Crippen LogP contribution in [0.3, 0.4) is 0 Å². The lowest BCUT2D eigenvalue weighted by Gasteiger charge is -2.32. The average Bonchev–Trinajstić information content (AvgIpc) is 3.12. The predicted octanol–water partition coefficient (Wildman–Crippen LogP) is 6.16. The van der Waals surface area contributed by atoms with Crippen LogP contribution in [-0.2, 0) is 26.2 Å². The molecule has 1 N–H and O–H groups in total. The SMILES string of the molecule is CC[C@H](C(=O)N[C@@H](C)CC)N(Cc1ccc(Cl)cc1Cl)C(=O)CCCN1c2cccc3cccc(c23)S1(=O)=O. The molecule has 0 aliphatic carbocycles. The summed E-state index contributed by atoms with van der Waals surface area (Å²) in [6.07, 6.45) is 1.53. The first-order valence-electron chi connectivity index (χ1n) is 13.2. The summed E-state index contributed by atoms with van der Waals surface area (Å²) >= 11 is 12.5. The molecule has 2 amide bonds. The molecule has 0 aromatic heterocycles. The Bertz CT molecular complexity index is 1490. The first-order chi connectivity index (χ1) is 18.6. The van der Waals surface area contributed by atoms with Crippen LogP contribution in [-0.4, -0.2) is 43.8 Å². The second-order valence-electron chi connectivity index (χ2n) is 9.81. The monoisotopic (exact) mass is 589 g/mol. The molecule has 3 aromatic rings. The Hall–Kier alpha value is -2.81. The van der Waals surface area contributed by atoms with Crippen molar-refractivity contribution in [2.45, 2.75) is 70.0 Å². The van der Waals surface area contributed by atoms with E-state index in [9.17, 15) is 18.0 Å². The van der Waals surface area contributed by atoms with Crippen LogP contribution in [0.25, 0.3) is 10.8 Å². The molecule has 208 valence electrons. The van der Waals surface area contributed by atoms with Crippen LogP contribution >= 0.6 is 23.2 Å². The second kappa shape index (κ2) is 12.1. The zero-order valence-electron chi connectivity index (χ0n) is 22.3. The molecule has 0 fully saturated rings. The molecule has 3 aromatic carbocycles. The molecule has 7 nitrogen and oxygen atoms in total. The zero-order valence-corrected chi connectivity index (χ0v) is 24.6. The summed E-state index contributed by atoms with van der Waals surface area (Å²) in [5.41, 5.74) is 1.30. The number of anilines is 1. The summed E-state index contributed by atoms with van der Waals surface area (Å²) in [6.45, 7) is 6.04. The molecule has 1 heterocycles. The third kappa shape index (κ3) is 6.03. The minimum atomic E-state index is -3.71. The minimum Gasteiger partial charge on any atom is -0.352 e. The van der Waals surface area contributed by atoms with Crippen LogP contribution in [0, 0.1) is 0 Å². The molecular formula is C29H33Cl2N3O4S. The summed E-state index contributed by atoms with van der Waals surface area (Å²) in [5, 5.41) is 5.43. The highest BCUT2D eigenvalue weighted by Gasteiger charge is 2.35.